The molecule has 0 saturated carbocycles. The van der Waals surface area contributed by atoms with Crippen LogP contribution in [0, 0.1) is 10.1 Å². The molecule has 1 aliphatic rings. The molecule has 2 rings (SSSR count). The van der Waals surface area contributed by atoms with Gasteiger partial charge in [0, 0.05) is 43.1 Å². The molecular formula is C13H19N3O3. The molecule has 0 radical (unpaired) electrons. The molecule has 0 bridgehead atoms. The van der Waals surface area contributed by atoms with Crippen LogP contribution in [0.4, 0.5) is 17.1 Å². The Morgan fingerprint density at radius 2 is 2.26 bits per heavy atom. The van der Waals surface area contributed by atoms with E-state index in [1.807, 2.05) is 17.9 Å². The number of β-amino-alcohol motifs (C(OH)–C–C–N with tert-alkyl or cyclic N) is 1. The highest BCUT2D eigenvalue weighted by Crippen LogP contribution is 2.31. The quantitative estimate of drug-likeness (QED) is 0.643. The Balaban J connectivity index is 2.31. The molecule has 1 heterocycles. The van der Waals surface area contributed by atoms with Gasteiger partial charge in [-0.3, -0.25) is 10.1 Å². The monoisotopic (exact) mass is 265 g/mol. The van der Waals surface area contributed by atoms with Crippen molar-refractivity contribution in [1.29, 1.82) is 0 Å². The van der Waals surface area contributed by atoms with Crippen LogP contribution in [0.15, 0.2) is 18.2 Å². The van der Waals surface area contributed by atoms with Crippen molar-refractivity contribution in [3.8, 4) is 0 Å². The normalized spacial score (nSPS) is 22.6. The van der Waals surface area contributed by atoms with Crippen LogP contribution < -0.4 is 10.2 Å². The Morgan fingerprint density at radius 3 is 2.79 bits per heavy atom. The van der Waals surface area contributed by atoms with E-state index in [-0.39, 0.29) is 5.69 Å². The molecule has 1 aromatic rings. The Kier molecular flexibility index (Phi) is 3.61. The van der Waals surface area contributed by atoms with Crippen molar-refractivity contribution in [3.63, 3.8) is 0 Å². The summed E-state index contributed by atoms with van der Waals surface area (Å²) in [5.41, 5.74) is 0.865. The average molecular weight is 265 g/mol. The molecule has 19 heavy (non-hydrogen) atoms. The lowest BCUT2D eigenvalue weighted by atomic mass is 10.1. The molecule has 1 aromatic carbocycles. The van der Waals surface area contributed by atoms with Gasteiger partial charge in [-0.25, -0.2) is 0 Å². The highest BCUT2D eigenvalue weighted by molar-refractivity contribution is 5.65. The van der Waals surface area contributed by atoms with Crippen molar-refractivity contribution in [3.05, 3.63) is 28.3 Å². The summed E-state index contributed by atoms with van der Waals surface area (Å²) in [6.45, 7) is 5.65. The summed E-state index contributed by atoms with van der Waals surface area (Å²) in [6, 6.07) is 4.97. The molecule has 6 heteroatoms. The first-order chi connectivity index (χ1) is 8.91. The van der Waals surface area contributed by atoms with Crippen LogP contribution in [-0.4, -0.2) is 35.3 Å². The third-order valence-electron chi connectivity index (χ3n) is 3.31. The summed E-state index contributed by atoms with van der Waals surface area (Å²) in [7, 11) is 0. The van der Waals surface area contributed by atoms with E-state index in [1.54, 1.807) is 13.0 Å². The largest absolute Gasteiger partial charge is 0.388 e. The Labute approximate surface area is 112 Å². The molecule has 1 unspecified atom stereocenters. The molecule has 0 amide bonds. The van der Waals surface area contributed by atoms with Gasteiger partial charge >= 0.3 is 0 Å². The number of nitro benzene ring substituents is 1. The highest BCUT2D eigenvalue weighted by Gasteiger charge is 2.32. The van der Waals surface area contributed by atoms with E-state index in [0.717, 1.165) is 11.4 Å². The molecule has 1 saturated heterocycles. The molecule has 104 valence electrons. The molecule has 1 fully saturated rings. The molecule has 0 aromatic heterocycles. The van der Waals surface area contributed by atoms with Gasteiger partial charge in [0.1, 0.15) is 0 Å². The summed E-state index contributed by atoms with van der Waals surface area (Å²) in [5.74, 6) is 0. The van der Waals surface area contributed by atoms with Crippen molar-refractivity contribution in [2.75, 3.05) is 29.9 Å². The fraction of sp³-hybridized carbons (Fsp3) is 0.538. The maximum Gasteiger partial charge on any atom is 0.273 e. The van der Waals surface area contributed by atoms with Gasteiger partial charge in [0.05, 0.1) is 10.5 Å². The van der Waals surface area contributed by atoms with E-state index in [0.29, 0.717) is 26.1 Å². The second-order valence-corrected chi connectivity index (χ2v) is 5.19. The summed E-state index contributed by atoms with van der Waals surface area (Å²) < 4.78 is 0. The van der Waals surface area contributed by atoms with Crippen molar-refractivity contribution in [1.82, 2.24) is 0 Å². The standard InChI is InChI=1S/C13H19N3O3/c1-3-14-10-6-11(8-12(7-10)16(18)19)15-5-4-13(2,17)9-15/h6-8,14,17H,3-5,9H2,1-2H3. The van der Waals surface area contributed by atoms with Gasteiger partial charge in [0.15, 0.2) is 0 Å². The van der Waals surface area contributed by atoms with E-state index in [9.17, 15) is 15.2 Å². The zero-order valence-corrected chi connectivity index (χ0v) is 11.2. The molecule has 0 spiro atoms. The number of hydrogen-bond donors (Lipinski definition) is 2. The van der Waals surface area contributed by atoms with E-state index in [1.165, 1.54) is 6.07 Å². The van der Waals surface area contributed by atoms with Crippen LogP contribution in [0.25, 0.3) is 0 Å². The predicted octanol–water partition coefficient (Wildman–Crippen LogP) is 1.99. The molecule has 2 N–H and O–H groups in total. The number of rotatable bonds is 4. The van der Waals surface area contributed by atoms with Crippen molar-refractivity contribution < 1.29 is 10.0 Å². The minimum absolute atomic E-state index is 0.0694. The first-order valence-electron chi connectivity index (χ1n) is 6.42. The first-order valence-corrected chi connectivity index (χ1v) is 6.42. The van der Waals surface area contributed by atoms with Gasteiger partial charge in [-0.1, -0.05) is 0 Å². The lowest BCUT2D eigenvalue weighted by Gasteiger charge is -2.21. The Hall–Kier alpha value is -1.82. The third-order valence-corrected chi connectivity index (χ3v) is 3.31. The second-order valence-electron chi connectivity index (χ2n) is 5.19. The minimum atomic E-state index is -0.719. The third kappa shape index (κ3) is 3.14. The van der Waals surface area contributed by atoms with Crippen LogP contribution in [0.1, 0.15) is 20.3 Å². The average Bonchev–Trinajstić information content (AvgIpc) is 2.70. The molecule has 6 nitrogen and oxygen atoms in total. The summed E-state index contributed by atoms with van der Waals surface area (Å²) in [4.78, 5) is 12.6. The van der Waals surface area contributed by atoms with Gasteiger partial charge in [-0.15, -0.1) is 0 Å². The fourth-order valence-corrected chi connectivity index (χ4v) is 2.35. The van der Waals surface area contributed by atoms with Crippen molar-refractivity contribution >= 4 is 17.1 Å². The first kappa shape index (κ1) is 13.6. The number of hydrogen-bond acceptors (Lipinski definition) is 5. The van der Waals surface area contributed by atoms with Crippen molar-refractivity contribution in [2.45, 2.75) is 25.9 Å². The number of benzene rings is 1. The molecule has 1 atom stereocenters. The smallest absolute Gasteiger partial charge is 0.273 e. The van der Waals surface area contributed by atoms with Crippen LogP contribution in [0.3, 0.4) is 0 Å². The van der Waals surface area contributed by atoms with Crippen molar-refractivity contribution in [2.24, 2.45) is 0 Å². The SMILES string of the molecule is CCNc1cc(N2CCC(C)(O)C2)cc([N+](=O)[O-])c1. The number of nitro groups is 1. The number of aliphatic hydroxyl groups is 1. The Bertz CT molecular complexity index is 488. The lowest BCUT2D eigenvalue weighted by molar-refractivity contribution is -0.384. The van der Waals surface area contributed by atoms with Gasteiger partial charge in [0.2, 0.25) is 0 Å². The van der Waals surface area contributed by atoms with E-state index >= 15 is 0 Å². The maximum absolute atomic E-state index is 11.0. The highest BCUT2D eigenvalue weighted by atomic mass is 16.6. The van der Waals surface area contributed by atoms with Crippen LogP contribution in [0.2, 0.25) is 0 Å². The van der Waals surface area contributed by atoms with E-state index in [2.05, 4.69) is 5.32 Å². The van der Waals surface area contributed by atoms with E-state index < -0.39 is 10.5 Å². The zero-order valence-electron chi connectivity index (χ0n) is 11.2. The number of nitrogens with one attached hydrogen (secondary N) is 1. The second kappa shape index (κ2) is 5.05. The minimum Gasteiger partial charge on any atom is -0.388 e. The van der Waals surface area contributed by atoms with Gasteiger partial charge < -0.3 is 15.3 Å². The Morgan fingerprint density at radius 1 is 1.53 bits per heavy atom. The summed E-state index contributed by atoms with van der Waals surface area (Å²) in [5, 5.41) is 24.0. The molecule has 1 aliphatic heterocycles. The van der Waals surface area contributed by atoms with Gasteiger partial charge in [0.25, 0.3) is 5.69 Å². The number of nitrogens with zero attached hydrogens (tertiary/aromatic N) is 2. The number of non-ortho nitro benzene ring substituents is 1. The topological polar surface area (TPSA) is 78.6 Å². The molecule has 0 aliphatic carbocycles. The maximum atomic E-state index is 11.0. The fourth-order valence-electron chi connectivity index (χ4n) is 2.35. The van der Waals surface area contributed by atoms with E-state index in [4.69, 9.17) is 0 Å². The molecular weight excluding hydrogens is 246 g/mol. The van der Waals surface area contributed by atoms with Gasteiger partial charge in [-0.05, 0) is 26.3 Å². The zero-order chi connectivity index (χ0) is 14.0. The predicted molar refractivity (Wildman–Crippen MR) is 74.7 cm³/mol. The summed E-state index contributed by atoms with van der Waals surface area (Å²) >= 11 is 0. The van der Waals surface area contributed by atoms with Crippen LogP contribution in [0.5, 0.6) is 0 Å². The van der Waals surface area contributed by atoms with Gasteiger partial charge in [-0.2, -0.15) is 0 Å². The van der Waals surface area contributed by atoms with Crippen LogP contribution in [-0.2, 0) is 0 Å². The van der Waals surface area contributed by atoms with Crippen LogP contribution >= 0.6 is 0 Å². The summed E-state index contributed by atoms with van der Waals surface area (Å²) in [6.07, 6.45) is 0.673. The lowest BCUT2D eigenvalue weighted by Crippen LogP contribution is -2.29. The number of anilines is 2.